The van der Waals surface area contributed by atoms with Crippen LogP contribution in [0.5, 0.6) is 5.75 Å². The van der Waals surface area contributed by atoms with E-state index in [1.807, 2.05) is 12.1 Å². The van der Waals surface area contributed by atoms with Crippen LogP contribution in [0, 0.1) is 0 Å². The maximum absolute atomic E-state index is 12.6. The number of ketones is 1. The highest BCUT2D eigenvalue weighted by Crippen LogP contribution is 2.29. The third-order valence-corrected chi connectivity index (χ3v) is 4.21. The van der Waals surface area contributed by atoms with Crippen molar-refractivity contribution in [2.24, 2.45) is 0 Å². The van der Waals surface area contributed by atoms with Crippen molar-refractivity contribution in [1.29, 1.82) is 0 Å². The summed E-state index contributed by atoms with van der Waals surface area (Å²) >= 11 is 6.00. The first-order valence-electron chi connectivity index (χ1n) is 6.72. The fourth-order valence-electron chi connectivity index (χ4n) is 2.77. The second-order valence-corrected chi connectivity index (χ2v) is 5.46. The smallest absolute Gasteiger partial charge is 0.157 e. The third kappa shape index (κ3) is 2.93. The van der Waals surface area contributed by atoms with Crippen LogP contribution in [0.3, 0.4) is 0 Å². The summed E-state index contributed by atoms with van der Waals surface area (Å²) in [6.07, 6.45) is 3.18. The maximum atomic E-state index is 12.6. The van der Waals surface area contributed by atoms with Crippen LogP contribution in [0.1, 0.15) is 31.7 Å². The Bertz CT molecular complexity index is 467. The normalized spacial score (nSPS) is 22.5. The molecule has 1 heterocycles. The molecule has 1 fully saturated rings. The standard InChI is InChI=1S/C15H20ClNO2/c1-3-15(7-4-8-17-15)14(18)10-11-9-12(16)5-6-13(11)19-2/h5-6,9,17H,3-4,7-8,10H2,1-2H3. The van der Waals surface area contributed by atoms with Crippen LogP contribution in [0.25, 0.3) is 0 Å². The number of nitrogens with one attached hydrogen (secondary N) is 1. The van der Waals surface area contributed by atoms with Gasteiger partial charge in [-0.3, -0.25) is 4.79 Å². The molecule has 0 bridgehead atoms. The van der Waals surface area contributed by atoms with Gasteiger partial charge in [0.1, 0.15) is 5.75 Å². The molecular weight excluding hydrogens is 262 g/mol. The minimum atomic E-state index is -0.354. The molecule has 1 aromatic rings. The first-order valence-corrected chi connectivity index (χ1v) is 7.10. The molecule has 0 amide bonds. The molecule has 1 aliphatic rings. The number of carbonyl (C=O) groups is 1. The molecule has 0 radical (unpaired) electrons. The second-order valence-electron chi connectivity index (χ2n) is 5.02. The summed E-state index contributed by atoms with van der Waals surface area (Å²) < 4.78 is 5.30. The minimum absolute atomic E-state index is 0.230. The molecule has 19 heavy (non-hydrogen) atoms. The van der Waals surface area contributed by atoms with Crippen LogP contribution in [-0.4, -0.2) is 25.0 Å². The average Bonchev–Trinajstić information content (AvgIpc) is 2.89. The Hall–Kier alpha value is -1.06. The van der Waals surface area contributed by atoms with Gasteiger partial charge in [-0.25, -0.2) is 0 Å². The van der Waals surface area contributed by atoms with Gasteiger partial charge in [-0.2, -0.15) is 0 Å². The topological polar surface area (TPSA) is 38.3 Å². The van der Waals surface area contributed by atoms with Crippen molar-refractivity contribution in [2.75, 3.05) is 13.7 Å². The van der Waals surface area contributed by atoms with E-state index in [4.69, 9.17) is 16.3 Å². The highest BCUT2D eigenvalue weighted by atomic mass is 35.5. The van der Waals surface area contributed by atoms with E-state index in [0.717, 1.165) is 37.1 Å². The van der Waals surface area contributed by atoms with Crippen molar-refractivity contribution < 1.29 is 9.53 Å². The van der Waals surface area contributed by atoms with Crippen LogP contribution in [0.2, 0.25) is 5.02 Å². The van der Waals surface area contributed by atoms with Gasteiger partial charge >= 0.3 is 0 Å². The quantitative estimate of drug-likeness (QED) is 0.902. The Kier molecular flexibility index (Phi) is 4.48. The largest absolute Gasteiger partial charge is 0.496 e. The Balaban J connectivity index is 2.20. The number of Topliss-reactive ketones (excluding diaryl/α,β-unsaturated/α-hetero) is 1. The lowest BCUT2D eigenvalue weighted by Gasteiger charge is -2.26. The van der Waals surface area contributed by atoms with E-state index in [1.165, 1.54) is 0 Å². The Morgan fingerprint density at radius 2 is 2.32 bits per heavy atom. The van der Waals surface area contributed by atoms with Crippen LogP contribution in [0.4, 0.5) is 0 Å². The van der Waals surface area contributed by atoms with Crippen molar-refractivity contribution in [3.05, 3.63) is 28.8 Å². The molecule has 1 unspecified atom stereocenters. The number of hydrogen-bond acceptors (Lipinski definition) is 3. The van der Waals surface area contributed by atoms with Gasteiger partial charge in [0.05, 0.1) is 12.6 Å². The third-order valence-electron chi connectivity index (χ3n) is 3.97. The highest BCUT2D eigenvalue weighted by Gasteiger charge is 2.38. The van der Waals surface area contributed by atoms with Gasteiger partial charge in [-0.15, -0.1) is 0 Å². The summed E-state index contributed by atoms with van der Waals surface area (Å²) in [5.74, 6) is 0.954. The SMILES string of the molecule is CCC1(C(=O)Cc2cc(Cl)ccc2OC)CCCN1. The molecule has 104 valence electrons. The van der Waals surface area contributed by atoms with Crippen molar-refractivity contribution in [1.82, 2.24) is 5.32 Å². The molecule has 1 aliphatic heterocycles. The Labute approximate surface area is 119 Å². The molecule has 3 nitrogen and oxygen atoms in total. The first kappa shape index (κ1) is 14.4. The first-order chi connectivity index (χ1) is 9.11. The van der Waals surface area contributed by atoms with E-state index in [2.05, 4.69) is 12.2 Å². The van der Waals surface area contributed by atoms with Crippen molar-refractivity contribution in [2.45, 2.75) is 38.1 Å². The van der Waals surface area contributed by atoms with Gasteiger partial charge in [0.25, 0.3) is 0 Å². The zero-order valence-electron chi connectivity index (χ0n) is 11.5. The Morgan fingerprint density at radius 1 is 1.53 bits per heavy atom. The van der Waals surface area contributed by atoms with E-state index >= 15 is 0 Å². The predicted octanol–water partition coefficient (Wildman–Crippen LogP) is 2.99. The molecule has 0 aliphatic carbocycles. The molecule has 0 aromatic heterocycles. The summed E-state index contributed by atoms with van der Waals surface area (Å²) in [7, 11) is 1.61. The van der Waals surface area contributed by atoms with Crippen molar-refractivity contribution in [3.63, 3.8) is 0 Å². The summed E-state index contributed by atoms with van der Waals surface area (Å²) in [6, 6.07) is 5.40. The Morgan fingerprint density at radius 3 is 2.89 bits per heavy atom. The zero-order chi connectivity index (χ0) is 13.9. The summed E-state index contributed by atoms with van der Waals surface area (Å²) in [5.41, 5.74) is 0.509. The minimum Gasteiger partial charge on any atom is -0.496 e. The van der Waals surface area contributed by atoms with Gasteiger partial charge in [0, 0.05) is 17.0 Å². The van der Waals surface area contributed by atoms with Gasteiger partial charge in [0.2, 0.25) is 0 Å². The number of benzene rings is 1. The van der Waals surface area contributed by atoms with Gasteiger partial charge in [-0.1, -0.05) is 18.5 Å². The van der Waals surface area contributed by atoms with Gasteiger partial charge in [-0.05, 0) is 44.0 Å². The molecule has 1 saturated heterocycles. The van der Waals surface area contributed by atoms with E-state index in [0.29, 0.717) is 11.4 Å². The van der Waals surface area contributed by atoms with Gasteiger partial charge < -0.3 is 10.1 Å². The number of carbonyl (C=O) groups excluding carboxylic acids is 1. The fraction of sp³-hybridized carbons (Fsp3) is 0.533. The number of methoxy groups -OCH3 is 1. The second kappa shape index (κ2) is 5.93. The molecule has 0 saturated carbocycles. The van der Waals surface area contributed by atoms with Crippen LogP contribution in [0.15, 0.2) is 18.2 Å². The monoisotopic (exact) mass is 281 g/mol. The molecule has 0 spiro atoms. The number of rotatable bonds is 5. The lowest BCUT2D eigenvalue weighted by atomic mass is 9.86. The van der Waals surface area contributed by atoms with E-state index in [1.54, 1.807) is 13.2 Å². The molecule has 1 atom stereocenters. The number of ether oxygens (including phenoxy) is 1. The average molecular weight is 282 g/mol. The van der Waals surface area contributed by atoms with E-state index in [-0.39, 0.29) is 11.3 Å². The fourth-order valence-corrected chi connectivity index (χ4v) is 2.97. The van der Waals surface area contributed by atoms with Crippen LogP contribution in [-0.2, 0) is 11.2 Å². The molecule has 1 aromatic carbocycles. The van der Waals surface area contributed by atoms with Crippen molar-refractivity contribution in [3.8, 4) is 5.75 Å². The molecular formula is C15H20ClNO2. The number of hydrogen-bond donors (Lipinski definition) is 1. The van der Waals surface area contributed by atoms with Crippen LogP contribution >= 0.6 is 11.6 Å². The zero-order valence-corrected chi connectivity index (χ0v) is 12.2. The lowest BCUT2D eigenvalue weighted by molar-refractivity contribution is -0.124. The molecule has 4 heteroatoms. The summed E-state index contributed by atoms with van der Waals surface area (Å²) in [5, 5.41) is 4.00. The highest BCUT2D eigenvalue weighted by molar-refractivity contribution is 6.30. The van der Waals surface area contributed by atoms with Gasteiger partial charge in [0.15, 0.2) is 5.78 Å². The van der Waals surface area contributed by atoms with E-state index < -0.39 is 0 Å². The number of halogens is 1. The summed E-state index contributed by atoms with van der Waals surface area (Å²) in [4.78, 5) is 12.6. The van der Waals surface area contributed by atoms with Crippen LogP contribution < -0.4 is 10.1 Å². The molecule has 2 rings (SSSR count). The maximum Gasteiger partial charge on any atom is 0.157 e. The molecule has 1 N–H and O–H groups in total. The van der Waals surface area contributed by atoms with E-state index in [9.17, 15) is 4.79 Å². The predicted molar refractivity (Wildman–Crippen MR) is 77.0 cm³/mol. The lowest BCUT2D eigenvalue weighted by Crippen LogP contribution is -2.47. The summed E-state index contributed by atoms with van der Waals surface area (Å²) in [6.45, 7) is 2.98. The van der Waals surface area contributed by atoms with Crippen molar-refractivity contribution >= 4 is 17.4 Å².